The van der Waals surface area contributed by atoms with Crippen molar-refractivity contribution in [1.82, 2.24) is 0 Å². The number of methoxy groups -OCH3 is 1. The zero-order valence-corrected chi connectivity index (χ0v) is 9.52. The summed E-state index contributed by atoms with van der Waals surface area (Å²) in [5.41, 5.74) is 6.04. The van der Waals surface area contributed by atoms with Gasteiger partial charge in [0.2, 0.25) is 0 Å². The van der Waals surface area contributed by atoms with Crippen LogP contribution in [0.2, 0.25) is 0 Å². The monoisotopic (exact) mass is 235 g/mol. The maximum Gasteiger partial charge on any atom is 0.169 e. The highest BCUT2D eigenvalue weighted by atomic mass is 19.1. The van der Waals surface area contributed by atoms with E-state index in [0.717, 1.165) is 0 Å². The van der Waals surface area contributed by atoms with E-state index in [2.05, 4.69) is 0 Å². The Labute approximate surface area is 99.1 Å². The molecule has 2 rings (SSSR count). The summed E-state index contributed by atoms with van der Waals surface area (Å²) in [6, 6.07) is 4.16. The maximum absolute atomic E-state index is 13.5. The van der Waals surface area contributed by atoms with Gasteiger partial charge in [-0.2, -0.15) is 0 Å². The fourth-order valence-electron chi connectivity index (χ4n) is 1.96. The molecule has 1 aromatic rings. The Morgan fingerprint density at radius 2 is 2.24 bits per heavy atom. The van der Waals surface area contributed by atoms with Gasteiger partial charge in [0.15, 0.2) is 17.3 Å². The number of carbonyl (C=O) groups is 1. The van der Waals surface area contributed by atoms with Gasteiger partial charge in [0.05, 0.1) is 7.11 Å². The van der Waals surface area contributed by atoms with Gasteiger partial charge in [-0.25, -0.2) is 4.39 Å². The van der Waals surface area contributed by atoms with Gasteiger partial charge in [0.1, 0.15) is 0 Å². The van der Waals surface area contributed by atoms with E-state index in [9.17, 15) is 9.18 Å². The number of rotatable bonds is 3. The van der Waals surface area contributed by atoms with E-state index in [1.165, 1.54) is 19.2 Å². The first-order valence-electron chi connectivity index (χ1n) is 5.43. The molecular weight excluding hydrogens is 221 g/mol. The van der Waals surface area contributed by atoms with Gasteiger partial charge >= 0.3 is 0 Å². The molecule has 0 amide bonds. The van der Waals surface area contributed by atoms with Crippen LogP contribution in [-0.2, 0) is 0 Å². The van der Waals surface area contributed by atoms with E-state index >= 15 is 0 Å². The summed E-state index contributed by atoms with van der Waals surface area (Å²) in [5, 5.41) is 0. The summed E-state index contributed by atoms with van der Waals surface area (Å²) >= 11 is 0. The number of benzene rings is 1. The number of Topliss-reactive ketones (excluding diaryl/α,β-unsaturated/α-hetero) is 1. The molecule has 0 heterocycles. The van der Waals surface area contributed by atoms with E-state index in [1.807, 2.05) is 6.08 Å². The van der Waals surface area contributed by atoms with Crippen LogP contribution >= 0.6 is 0 Å². The SMILES string of the molecule is COc1ccc(C(=O)C2C=CC(N)C2)cc1F. The average Bonchev–Trinajstić information content (AvgIpc) is 2.75. The third-order valence-electron chi connectivity index (χ3n) is 2.89. The van der Waals surface area contributed by atoms with Gasteiger partial charge in [0.25, 0.3) is 0 Å². The van der Waals surface area contributed by atoms with Gasteiger partial charge in [0, 0.05) is 17.5 Å². The number of allylic oxidation sites excluding steroid dienone is 1. The zero-order valence-electron chi connectivity index (χ0n) is 9.52. The van der Waals surface area contributed by atoms with Crippen LogP contribution in [0.4, 0.5) is 4.39 Å². The van der Waals surface area contributed by atoms with E-state index in [-0.39, 0.29) is 23.5 Å². The summed E-state index contributed by atoms with van der Waals surface area (Å²) in [6.45, 7) is 0. The smallest absolute Gasteiger partial charge is 0.169 e. The van der Waals surface area contributed by atoms with Gasteiger partial charge in [-0.05, 0) is 24.6 Å². The highest BCUT2D eigenvalue weighted by molar-refractivity contribution is 5.99. The molecule has 2 atom stereocenters. The molecule has 2 unspecified atom stereocenters. The molecule has 0 saturated heterocycles. The highest BCUT2D eigenvalue weighted by Crippen LogP contribution is 2.24. The predicted molar refractivity (Wildman–Crippen MR) is 62.5 cm³/mol. The van der Waals surface area contributed by atoms with E-state index in [1.54, 1.807) is 12.1 Å². The Morgan fingerprint density at radius 3 is 2.76 bits per heavy atom. The Morgan fingerprint density at radius 1 is 1.47 bits per heavy atom. The third-order valence-corrected chi connectivity index (χ3v) is 2.89. The number of carbonyl (C=O) groups excluding carboxylic acids is 1. The summed E-state index contributed by atoms with van der Waals surface area (Å²) in [6.07, 6.45) is 4.18. The van der Waals surface area contributed by atoms with Crippen molar-refractivity contribution in [3.8, 4) is 5.75 Å². The molecule has 0 spiro atoms. The topological polar surface area (TPSA) is 52.3 Å². The number of hydrogen-bond acceptors (Lipinski definition) is 3. The van der Waals surface area contributed by atoms with E-state index in [0.29, 0.717) is 12.0 Å². The van der Waals surface area contributed by atoms with Crippen LogP contribution in [0.15, 0.2) is 30.4 Å². The maximum atomic E-state index is 13.5. The quantitative estimate of drug-likeness (QED) is 0.643. The number of hydrogen-bond donors (Lipinski definition) is 1. The second-order valence-electron chi connectivity index (χ2n) is 4.10. The fraction of sp³-hybridized carbons (Fsp3) is 0.308. The Hall–Kier alpha value is -1.68. The molecule has 0 aromatic heterocycles. The van der Waals surface area contributed by atoms with Crippen LogP contribution in [0.3, 0.4) is 0 Å². The van der Waals surface area contributed by atoms with Crippen molar-refractivity contribution < 1.29 is 13.9 Å². The highest BCUT2D eigenvalue weighted by Gasteiger charge is 2.24. The first kappa shape index (κ1) is 11.8. The zero-order chi connectivity index (χ0) is 12.4. The summed E-state index contributed by atoms with van der Waals surface area (Å²) in [4.78, 5) is 12.0. The number of ketones is 1. The Balaban J connectivity index is 2.20. The van der Waals surface area contributed by atoms with Crippen LogP contribution in [0.1, 0.15) is 16.8 Å². The lowest BCUT2D eigenvalue weighted by molar-refractivity contribution is 0.0942. The van der Waals surface area contributed by atoms with E-state index < -0.39 is 5.82 Å². The second kappa shape index (κ2) is 4.67. The molecule has 0 aliphatic heterocycles. The minimum Gasteiger partial charge on any atom is -0.494 e. The van der Waals surface area contributed by atoms with Crippen molar-refractivity contribution in [3.63, 3.8) is 0 Å². The molecule has 0 bridgehead atoms. The summed E-state index contributed by atoms with van der Waals surface area (Å²) in [7, 11) is 1.39. The first-order valence-corrected chi connectivity index (χ1v) is 5.43. The molecule has 17 heavy (non-hydrogen) atoms. The van der Waals surface area contributed by atoms with Gasteiger partial charge in [-0.3, -0.25) is 4.79 Å². The van der Waals surface area contributed by atoms with Crippen LogP contribution < -0.4 is 10.5 Å². The van der Waals surface area contributed by atoms with Crippen molar-refractivity contribution in [2.24, 2.45) is 11.7 Å². The molecule has 0 fully saturated rings. The third kappa shape index (κ3) is 2.36. The molecule has 2 N–H and O–H groups in total. The largest absolute Gasteiger partial charge is 0.494 e. The normalized spacial score (nSPS) is 22.8. The lowest BCUT2D eigenvalue weighted by Gasteiger charge is -2.09. The van der Waals surface area contributed by atoms with Crippen LogP contribution in [0.5, 0.6) is 5.75 Å². The molecule has 3 nitrogen and oxygen atoms in total. The van der Waals surface area contributed by atoms with Crippen molar-refractivity contribution in [1.29, 1.82) is 0 Å². The van der Waals surface area contributed by atoms with Gasteiger partial charge in [-0.15, -0.1) is 0 Å². The minimum absolute atomic E-state index is 0.0768. The second-order valence-corrected chi connectivity index (χ2v) is 4.10. The van der Waals surface area contributed by atoms with Crippen molar-refractivity contribution in [2.45, 2.75) is 12.5 Å². The van der Waals surface area contributed by atoms with Crippen molar-refractivity contribution in [3.05, 3.63) is 41.7 Å². The lowest BCUT2D eigenvalue weighted by atomic mass is 9.96. The van der Waals surface area contributed by atoms with Crippen molar-refractivity contribution in [2.75, 3.05) is 7.11 Å². The molecular formula is C13H14FNO2. The Kier molecular flexibility index (Phi) is 3.24. The first-order chi connectivity index (χ1) is 8.11. The molecule has 4 heteroatoms. The Bertz CT molecular complexity index is 470. The minimum atomic E-state index is -0.523. The summed E-state index contributed by atoms with van der Waals surface area (Å²) < 4.78 is 18.3. The predicted octanol–water partition coefficient (Wildman–Crippen LogP) is 1.92. The lowest BCUT2D eigenvalue weighted by Crippen LogP contribution is -2.19. The molecule has 90 valence electrons. The van der Waals surface area contributed by atoms with Gasteiger partial charge < -0.3 is 10.5 Å². The number of halogens is 1. The van der Waals surface area contributed by atoms with Crippen LogP contribution in [0.25, 0.3) is 0 Å². The number of nitrogens with two attached hydrogens (primary N) is 1. The average molecular weight is 235 g/mol. The molecule has 0 saturated carbocycles. The van der Waals surface area contributed by atoms with Crippen LogP contribution in [-0.4, -0.2) is 18.9 Å². The fourth-order valence-corrected chi connectivity index (χ4v) is 1.96. The molecule has 1 aromatic carbocycles. The molecule has 0 radical (unpaired) electrons. The van der Waals surface area contributed by atoms with Crippen molar-refractivity contribution >= 4 is 5.78 Å². The summed E-state index contributed by atoms with van der Waals surface area (Å²) in [5.74, 6) is -0.724. The van der Waals surface area contributed by atoms with Gasteiger partial charge in [-0.1, -0.05) is 12.2 Å². The van der Waals surface area contributed by atoms with E-state index in [4.69, 9.17) is 10.5 Å². The molecule has 1 aliphatic rings. The van der Waals surface area contributed by atoms with Crippen LogP contribution in [0, 0.1) is 11.7 Å². The molecule has 1 aliphatic carbocycles. The standard InChI is InChI=1S/C13H14FNO2/c1-17-12-5-3-9(7-11(12)14)13(16)8-2-4-10(15)6-8/h2-5,7-8,10H,6,15H2,1H3. The number of ether oxygens (including phenoxy) is 1.